The molecule has 0 aromatic heterocycles. The summed E-state index contributed by atoms with van der Waals surface area (Å²) in [5, 5.41) is 0. The average molecular weight is 454 g/mol. The Morgan fingerprint density at radius 3 is 2.24 bits per heavy atom. The number of carbonyl (C=O) groups excluding carboxylic acids is 2. The monoisotopic (exact) mass is 453 g/mol. The van der Waals surface area contributed by atoms with E-state index in [2.05, 4.69) is 0 Å². The van der Waals surface area contributed by atoms with Crippen LogP contribution in [0.3, 0.4) is 0 Å². The molecule has 1 heterocycles. The van der Waals surface area contributed by atoms with E-state index in [-0.39, 0.29) is 17.5 Å². The maximum absolute atomic E-state index is 13.6. The minimum Gasteiger partial charge on any atom is -0.488 e. The molecule has 0 radical (unpaired) electrons. The van der Waals surface area contributed by atoms with Gasteiger partial charge in [0.05, 0.1) is 24.3 Å². The summed E-state index contributed by atoms with van der Waals surface area (Å²) in [4.78, 5) is 28.0. The first-order chi connectivity index (χ1) is 16.5. The van der Waals surface area contributed by atoms with Gasteiger partial charge in [0.2, 0.25) is 0 Å². The average Bonchev–Trinajstić information content (AvgIpc) is 3.12. The molecule has 0 N–H and O–H groups in total. The van der Waals surface area contributed by atoms with Crippen LogP contribution >= 0.6 is 0 Å². The van der Waals surface area contributed by atoms with E-state index in [4.69, 9.17) is 9.47 Å². The summed E-state index contributed by atoms with van der Waals surface area (Å²) in [6.45, 7) is 4.12. The highest BCUT2D eigenvalue weighted by Gasteiger charge is 2.39. The van der Waals surface area contributed by atoms with Crippen molar-refractivity contribution >= 4 is 18.0 Å². The Balaban J connectivity index is 1.71. The van der Waals surface area contributed by atoms with E-state index in [1.165, 1.54) is 7.11 Å². The molecule has 4 rings (SSSR count). The summed E-state index contributed by atoms with van der Waals surface area (Å²) < 4.78 is 11.1. The fourth-order valence-electron chi connectivity index (χ4n) is 4.17. The van der Waals surface area contributed by atoms with Crippen molar-refractivity contribution in [1.29, 1.82) is 0 Å². The fourth-order valence-corrected chi connectivity index (χ4v) is 4.17. The van der Waals surface area contributed by atoms with Gasteiger partial charge in [0.25, 0.3) is 5.91 Å². The standard InChI is InChI=1S/C29H27NO4/c1-20(23-14-8-5-9-15-23)30-21(2)27(29(32)33-3)25(28(30)31)18-24-16-10-11-17-26(24)34-19-22-12-6-4-7-13-22/h4-18,20H,19H2,1-3H3/b25-18-/t20-/m1/s1. The molecular formula is C29H27NO4. The van der Waals surface area contributed by atoms with Gasteiger partial charge in [-0.25, -0.2) is 4.79 Å². The van der Waals surface area contributed by atoms with Crippen LogP contribution in [0.25, 0.3) is 6.08 Å². The number of carbonyl (C=O) groups is 2. The summed E-state index contributed by atoms with van der Waals surface area (Å²) in [7, 11) is 1.32. The highest BCUT2D eigenvalue weighted by molar-refractivity contribution is 6.16. The molecule has 0 spiro atoms. The second kappa shape index (κ2) is 10.2. The molecule has 0 bridgehead atoms. The zero-order valence-corrected chi connectivity index (χ0v) is 19.5. The smallest absolute Gasteiger partial charge is 0.340 e. The van der Waals surface area contributed by atoms with E-state index < -0.39 is 5.97 Å². The molecule has 1 aliphatic heterocycles. The number of allylic oxidation sites excluding steroid dienone is 1. The van der Waals surface area contributed by atoms with Gasteiger partial charge < -0.3 is 14.4 Å². The number of benzene rings is 3. The summed E-state index contributed by atoms with van der Waals surface area (Å²) in [6.07, 6.45) is 1.72. The predicted molar refractivity (Wildman–Crippen MR) is 132 cm³/mol. The molecule has 0 unspecified atom stereocenters. The van der Waals surface area contributed by atoms with Crippen molar-refractivity contribution in [3.05, 3.63) is 118 Å². The number of esters is 1. The Labute approximate surface area is 199 Å². The molecular weight excluding hydrogens is 426 g/mol. The summed E-state index contributed by atoms with van der Waals surface area (Å²) in [6, 6.07) is 26.8. The first-order valence-electron chi connectivity index (χ1n) is 11.2. The van der Waals surface area contributed by atoms with Crippen LogP contribution in [0.5, 0.6) is 5.75 Å². The van der Waals surface area contributed by atoms with E-state index in [0.717, 1.165) is 11.1 Å². The maximum atomic E-state index is 13.6. The number of nitrogens with zero attached hydrogens (tertiary/aromatic N) is 1. The van der Waals surface area contributed by atoms with E-state index in [1.54, 1.807) is 17.9 Å². The number of hydrogen-bond acceptors (Lipinski definition) is 4. The van der Waals surface area contributed by atoms with Crippen molar-refractivity contribution < 1.29 is 19.1 Å². The Morgan fingerprint density at radius 2 is 1.56 bits per heavy atom. The summed E-state index contributed by atoms with van der Waals surface area (Å²) in [5.74, 6) is -0.155. The lowest BCUT2D eigenvalue weighted by Crippen LogP contribution is -2.28. The molecule has 1 atom stereocenters. The Hall–Kier alpha value is -4.12. The number of methoxy groups -OCH3 is 1. The molecule has 172 valence electrons. The summed E-state index contributed by atoms with van der Waals surface area (Å²) in [5.41, 5.74) is 3.87. The van der Waals surface area contributed by atoms with Crippen molar-refractivity contribution in [2.75, 3.05) is 7.11 Å². The first kappa shape index (κ1) is 23.1. The lowest BCUT2D eigenvalue weighted by Gasteiger charge is -2.26. The SMILES string of the molecule is COC(=O)C1=C(C)N([C@H](C)c2ccccc2)C(=O)/C1=C\c1ccccc1OCc1ccccc1. The first-order valence-corrected chi connectivity index (χ1v) is 11.2. The van der Waals surface area contributed by atoms with Gasteiger partial charge in [0.15, 0.2) is 0 Å². The molecule has 3 aromatic carbocycles. The molecule has 0 fully saturated rings. The van der Waals surface area contributed by atoms with Crippen LogP contribution in [0.1, 0.15) is 36.6 Å². The normalized spacial score (nSPS) is 15.6. The van der Waals surface area contributed by atoms with Crippen molar-refractivity contribution in [3.8, 4) is 5.75 Å². The van der Waals surface area contributed by atoms with Crippen LogP contribution in [0.15, 0.2) is 102 Å². The Morgan fingerprint density at radius 1 is 0.941 bits per heavy atom. The predicted octanol–water partition coefficient (Wildman–Crippen LogP) is 5.70. The van der Waals surface area contributed by atoms with Gasteiger partial charge >= 0.3 is 5.97 Å². The second-order valence-electron chi connectivity index (χ2n) is 8.08. The molecule has 34 heavy (non-hydrogen) atoms. The number of para-hydroxylation sites is 1. The van der Waals surface area contributed by atoms with E-state index in [0.29, 0.717) is 29.2 Å². The lowest BCUT2D eigenvalue weighted by atomic mass is 10.0. The van der Waals surface area contributed by atoms with Gasteiger partial charge in [-0.05, 0) is 37.1 Å². The Kier molecular flexibility index (Phi) is 6.93. The topological polar surface area (TPSA) is 55.8 Å². The third-order valence-electron chi connectivity index (χ3n) is 5.96. The van der Waals surface area contributed by atoms with Gasteiger partial charge in [0.1, 0.15) is 12.4 Å². The number of ether oxygens (including phenoxy) is 2. The molecule has 0 saturated carbocycles. The minimum absolute atomic E-state index is 0.243. The van der Waals surface area contributed by atoms with Crippen molar-refractivity contribution in [1.82, 2.24) is 4.90 Å². The molecule has 0 aliphatic carbocycles. The fraction of sp³-hybridized carbons (Fsp3) is 0.172. The molecule has 1 amide bonds. The van der Waals surface area contributed by atoms with Crippen LogP contribution in [-0.4, -0.2) is 23.9 Å². The largest absolute Gasteiger partial charge is 0.488 e. The molecule has 5 nitrogen and oxygen atoms in total. The van der Waals surface area contributed by atoms with Gasteiger partial charge in [-0.2, -0.15) is 0 Å². The number of amides is 1. The zero-order chi connectivity index (χ0) is 24.1. The third kappa shape index (κ3) is 4.64. The number of hydrogen-bond donors (Lipinski definition) is 0. The van der Waals surface area contributed by atoms with Gasteiger partial charge in [-0.1, -0.05) is 78.9 Å². The van der Waals surface area contributed by atoms with Crippen LogP contribution in [0, 0.1) is 0 Å². The quantitative estimate of drug-likeness (QED) is 0.340. The van der Waals surface area contributed by atoms with Crippen LogP contribution < -0.4 is 4.74 Å². The van der Waals surface area contributed by atoms with Gasteiger partial charge in [-0.3, -0.25) is 4.79 Å². The maximum Gasteiger partial charge on any atom is 0.340 e. The highest BCUT2D eigenvalue weighted by Crippen LogP contribution is 2.38. The molecule has 5 heteroatoms. The van der Waals surface area contributed by atoms with Crippen LogP contribution in [-0.2, 0) is 20.9 Å². The van der Waals surface area contributed by atoms with Crippen molar-refractivity contribution in [3.63, 3.8) is 0 Å². The Bertz CT molecular complexity index is 1250. The van der Waals surface area contributed by atoms with E-state index in [9.17, 15) is 9.59 Å². The number of rotatable bonds is 7. The summed E-state index contributed by atoms with van der Waals surface area (Å²) >= 11 is 0. The van der Waals surface area contributed by atoms with Gasteiger partial charge in [0, 0.05) is 11.3 Å². The molecule has 1 aliphatic rings. The zero-order valence-electron chi connectivity index (χ0n) is 19.5. The minimum atomic E-state index is -0.539. The highest BCUT2D eigenvalue weighted by atomic mass is 16.5. The second-order valence-corrected chi connectivity index (χ2v) is 8.08. The molecule has 0 saturated heterocycles. The lowest BCUT2D eigenvalue weighted by molar-refractivity contribution is -0.136. The van der Waals surface area contributed by atoms with Crippen molar-refractivity contribution in [2.45, 2.75) is 26.5 Å². The van der Waals surface area contributed by atoms with Crippen LogP contribution in [0.2, 0.25) is 0 Å². The third-order valence-corrected chi connectivity index (χ3v) is 5.96. The van der Waals surface area contributed by atoms with Crippen molar-refractivity contribution in [2.24, 2.45) is 0 Å². The van der Waals surface area contributed by atoms with Crippen LogP contribution in [0.4, 0.5) is 0 Å². The molecule has 3 aromatic rings. The van der Waals surface area contributed by atoms with E-state index in [1.807, 2.05) is 91.9 Å². The van der Waals surface area contributed by atoms with E-state index >= 15 is 0 Å². The van der Waals surface area contributed by atoms with Gasteiger partial charge in [-0.15, -0.1) is 0 Å².